The fraction of sp³-hybridized carbons (Fsp3) is 0.615. The first-order valence-corrected chi connectivity index (χ1v) is 6.53. The van der Waals surface area contributed by atoms with Crippen molar-refractivity contribution in [3.05, 3.63) is 21.9 Å². The standard InChI is InChI=1S/C13H19NO2S/c1-13(2,3)12-6-5-11(17-12)10(9-14)16-8-4-7-15/h5-6,10,15H,4,7-8H2,1-3H3. The van der Waals surface area contributed by atoms with Crippen LogP contribution >= 0.6 is 11.3 Å². The molecule has 1 N–H and O–H groups in total. The maximum Gasteiger partial charge on any atom is 0.178 e. The topological polar surface area (TPSA) is 53.2 Å². The van der Waals surface area contributed by atoms with E-state index in [-0.39, 0.29) is 12.0 Å². The van der Waals surface area contributed by atoms with E-state index in [1.807, 2.05) is 6.07 Å². The van der Waals surface area contributed by atoms with Gasteiger partial charge in [0.2, 0.25) is 0 Å². The van der Waals surface area contributed by atoms with Gasteiger partial charge in [0.05, 0.1) is 6.61 Å². The summed E-state index contributed by atoms with van der Waals surface area (Å²) in [5, 5.41) is 17.7. The number of rotatable bonds is 5. The highest BCUT2D eigenvalue weighted by Crippen LogP contribution is 2.33. The molecular formula is C13H19NO2S. The number of hydrogen-bond acceptors (Lipinski definition) is 4. The lowest BCUT2D eigenvalue weighted by atomic mass is 9.95. The van der Waals surface area contributed by atoms with Crippen LogP contribution in [-0.4, -0.2) is 18.3 Å². The van der Waals surface area contributed by atoms with Crippen molar-refractivity contribution in [2.24, 2.45) is 0 Å². The zero-order valence-corrected chi connectivity index (χ0v) is 11.4. The third-order valence-electron chi connectivity index (χ3n) is 2.33. The van der Waals surface area contributed by atoms with Crippen LogP contribution < -0.4 is 0 Å². The molecule has 1 unspecified atom stereocenters. The quantitative estimate of drug-likeness (QED) is 0.821. The maximum atomic E-state index is 9.06. The molecule has 1 rings (SSSR count). The number of nitrogens with zero attached hydrogens (tertiary/aromatic N) is 1. The molecule has 0 radical (unpaired) electrons. The van der Waals surface area contributed by atoms with Gasteiger partial charge >= 0.3 is 0 Å². The number of ether oxygens (including phenoxy) is 1. The molecule has 0 saturated carbocycles. The predicted octanol–water partition coefficient (Wildman–Crippen LogP) is 3.01. The van der Waals surface area contributed by atoms with Crippen molar-refractivity contribution in [1.82, 2.24) is 0 Å². The van der Waals surface area contributed by atoms with Crippen molar-refractivity contribution >= 4 is 11.3 Å². The minimum Gasteiger partial charge on any atom is -0.396 e. The van der Waals surface area contributed by atoms with E-state index in [1.54, 1.807) is 11.3 Å². The van der Waals surface area contributed by atoms with Crippen LogP contribution in [0.15, 0.2) is 12.1 Å². The van der Waals surface area contributed by atoms with Gasteiger partial charge in [-0.05, 0) is 24.0 Å². The van der Waals surface area contributed by atoms with Crippen LogP contribution in [0.25, 0.3) is 0 Å². The number of hydrogen-bond donors (Lipinski definition) is 1. The Kier molecular flexibility index (Phi) is 5.13. The highest BCUT2D eigenvalue weighted by molar-refractivity contribution is 7.12. The van der Waals surface area contributed by atoms with Crippen molar-refractivity contribution in [3.8, 4) is 6.07 Å². The van der Waals surface area contributed by atoms with E-state index in [4.69, 9.17) is 15.1 Å². The van der Waals surface area contributed by atoms with Crippen LogP contribution in [0, 0.1) is 11.3 Å². The first-order valence-electron chi connectivity index (χ1n) is 5.71. The normalized spacial score (nSPS) is 13.4. The monoisotopic (exact) mass is 253 g/mol. The summed E-state index contributed by atoms with van der Waals surface area (Å²) in [5.74, 6) is 0. The fourth-order valence-corrected chi connectivity index (χ4v) is 2.41. The Hall–Kier alpha value is -0.890. The van der Waals surface area contributed by atoms with Crippen LogP contribution in [0.4, 0.5) is 0 Å². The van der Waals surface area contributed by atoms with Crippen LogP contribution in [0.3, 0.4) is 0 Å². The molecule has 0 aromatic carbocycles. The number of aliphatic hydroxyl groups excluding tert-OH is 1. The van der Waals surface area contributed by atoms with E-state index >= 15 is 0 Å². The first-order chi connectivity index (χ1) is 7.99. The summed E-state index contributed by atoms with van der Waals surface area (Å²) in [6.07, 6.45) is 0.0537. The van der Waals surface area contributed by atoms with Crippen LogP contribution in [-0.2, 0) is 10.2 Å². The molecule has 0 saturated heterocycles. The Labute approximate surface area is 107 Å². The SMILES string of the molecule is CC(C)(C)c1ccc(C(C#N)OCCCO)s1. The Balaban J connectivity index is 2.70. The summed E-state index contributed by atoms with van der Waals surface area (Å²) in [5.41, 5.74) is 0.105. The second-order valence-corrected chi connectivity index (χ2v) is 6.02. The second kappa shape index (κ2) is 6.15. The lowest BCUT2D eigenvalue weighted by Crippen LogP contribution is -2.08. The van der Waals surface area contributed by atoms with Gasteiger partial charge in [0.1, 0.15) is 6.07 Å². The molecule has 0 bridgehead atoms. The second-order valence-electron chi connectivity index (χ2n) is 4.91. The fourth-order valence-electron chi connectivity index (χ4n) is 1.35. The smallest absolute Gasteiger partial charge is 0.178 e. The van der Waals surface area contributed by atoms with E-state index in [0.717, 1.165) is 4.88 Å². The molecular weight excluding hydrogens is 234 g/mol. The summed E-state index contributed by atoms with van der Waals surface area (Å²) in [7, 11) is 0. The van der Waals surface area contributed by atoms with Gasteiger partial charge < -0.3 is 9.84 Å². The minimum absolute atomic E-state index is 0.0931. The molecule has 0 amide bonds. The van der Waals surface area contributed by atoms with Gasteiger partial charge in [-0.25, -0.2) is 0 Å². The number of aliphatic hydroxyl groups is 1. The minimum atomic E-state index is -0.511. The Bertz CT molecular complexity index is 387. The Morgan fingerprint density at radius 3 is 2.65 bits per heavy atom. The molecule has 1 atom stereocenters. The number of thiophene rings is 1. The van der Waals surface area contributed by atoms with E-state index < -0.39 is 6.10 Å². The highest BCUT2D eigenvalue weighted by Gasteiger charge is 2.19. The summed E-state index contributed by atoms with van der Waals surface area (Å²) in [6, 6.07) is 6.16. The third kappa shape index (κ3) is 4.12. The molecule has 17 heavy (non-hydrogen) atoms. The van der Waals surface area contributed by atoms with Crippen LogP contribution in [0.5, 0.6) is 0 Å². The van der Waals surface area contributed by atoms with Gasteiger partial charge in [0.15, 0.2) is 6.10 Å². The molecule has 0 aliphatic carbocycles. The van der Waals surface area contributed by atoms with E-state index in [0.29, 0.717) is 13.0 Å². The Morgan fingerprint density at radius 1 is 1.47 bits per heavy atom. The molecule has 94 valence electrons. The van der Waals surface area contributed by atoms with Gasteiger partial charge in [0, 0.05) is 16.4 Å². The van der Waals surface area contributed by atoms with Crippen LogP contribution in [0.2, 0.25) is 0 Å². The third-order valence-corrected chi connectivity index (χ3v) is 3.88. The molecule has 0 aliphatic heterocycles. The molecule has 0 fully saturated rings. The maximum absolute atomic E-state index is 9.06. The van der Waals surface area contributed by atoms with Gasteiger partial charge in [-0.1, -0.05) is 20.8 Å². The molecule has 0 spiro atoms. The van der Waals surface area contributed by atoms with Gasteiger partial charge in [-0.2, -0.15) is 5.26 Å². The van der Waals surface area contributed by atoms with E-state index in [1.165, 1.54) is 4.88 Å². The van der Waals surface area contributed by atoms with E-state index in [9.17, 15) is 0 Å². The number of nitriles is 1. The molecule has 1 aromatic rings. The molecule has 1 heterocycles. The van der Waals surface area contributed by atoms with E-state index in [2.05, 4.69) is 32.9 Å². The van der Waals surface area contributed by atoms with Crippen LogP contribution in [0.1, 0.15) is 43.1 Å². The van der Waals surface area contributed by atoms with Crippen molar-refractivity contribution in [3.63, 3.8) is 0 Å². The molecule has 0 aliphatic rings. The largest absolute Gasteiger partial charge is 0.396 e. The molecule has 1 aromatic heterocycles. The van der Waals surface area contributed by atoms with Crippen molar-refractivity contribution in [2.75, 3.05) is 13.2 Å². The highest BCUT2D eigenvalue weighted by atomic mass is 32.1. The average molecular weight is 253 g/mol. The predicted molar refractivity (Wildman–Crippen MR) is 69.0 cm³/mol. The Morgan fingerprint density at radius 2 is 2.18 bits per heavy atom. The lowest BCUT2D eigenvalue weighted by Gasteiger charge is -2.15. The summed E-state index contributed by atoms with van der Waals surface area (Å²) < 4.78 is 5.43. The summed E-state index contributed by atoms with van der Waals surface area (Å²) in [6.45, 7) is 6.96. The summed E-state index contributed by atoms with van der Waals surface area (Å²) >= 11 is 1.62. The van der Waals surface area contributed by atoms with Crippen molar-refractivity contribution < 1.29 is 9.84 Å². The lowest BCUT2D eigenvalue weighted by molar-refractivity contribution is 0.0794. The van der Waals surface area contributed by atoms with Gasteiger partial charge in [0.25, 0.3) is 0 Å². The van der Waals surface area contributed by atoms with Crippen molar-refractivity contribution in [2.45, 2.75) is 38.7 Å². The average Bonchev–Trinajstić information content (AvgIpc) is 2.73. The zero-order valence-electron chi connectivity index (χ0n) is 10.6. The van der Waals surface area contributed by atoms with Crippen molar-refractivity contribution in [1.29, 1.82) is 5.26 Å². The molecule has 3 nitrogen and oxygen atoms in total. The van der Waals surface area contributed by atoms with Gasteiger partial charge in [-0.15, -0.1) is 11.3 Å². The molecule has 4 heteroatoms. The first kappa shape index (κ1) is 14.2. The van der Waals surface area contributed by atoms with Gasteiger partial charge in [-0.3, -0.25) is 0 Å². The zero-order chi connectivity index (χ0) is 12.9. The summed E-state index contributed by atoms with van der Waals surface area (Å²) in [4.78, 5) is 2.19.